The van der Waals surface area contributed by atoms with Crippen molar-refractivity contribution in [1.82, 2.24) is 14.9 Å². The van der Waals surface area contributed by atoms with Gasteiger partial charge in [-0.3, -0.25) is 4.90 Å². The van der Waals surface area contributed by atoms with Gasteiger partial charge < -0.3 is 5.73 Å². The van der Waals surface area contributed by atoms with Gasteiger partial charge in [0.05, 0.1) is 11.9 Å². The second-order valence-electron chi connectivity index (χ2n) is 5.66. The first-order chi connectivity index (χ1) is 9.60. The van der Waals surface area contributed by atoms with E-state index in [0.29, 0.717) is 11.9 Å². The lowest BCUT2D eigenvalue weighted by molar-refractivity contribution is 0.234. The highest BCUT2D eigenvalue weighted by Gasteiger charge is 2.24. The molecule has 1 saturated heterocycles. The molecule has 2 aromatic rings. The Morgan fingerprint density at radius 2 is 2.15 bits per heavy atom. The smallest absolute Gasteiger partial charge is 0.146 e. The molecule has 0 aliphatic carbocycles. The number of rotatable bonds is 3. The highest BCUT2D eigenvalue weighted by molar-refractivity contribution is 7.18. The molecule has 1 fully saturated rings. The van der Waals surface area contributed by atoms with Gasteiger partial charge in [0.15, 0.2) is 0 Å². The van der Waals surface area contributed by atoms with Crippen LogP contribution in [0.4, 0.5) is 5.82 Å². The lowest BCUT2D eigenvalue weighted by Crippen LogP contribution is -2.29. The van der Waals surface area contributed by atoms with Crippen molar-refractivity contribution in [2.45, 2.75) is 52.6 Å². The normalized spacial score (nSPS) is 20.1. The standard InChI is InChI=1S/C15H22N4S/c1-4-11-6-5-7-19(11)8-12-17-14(16)13-9(2)10(3)20-15(13)18-12/h11H,4-8H2,1-3H3,(H2,16,17,18). The maximum Gasteiger partial charge on any atom is 0.146 e. The summed E-state index contributed by atoms with van der Waals surface area (Å²) in [6, 6.07) is 0.683. The van der Waals surface area contributed by atoms with E-state index in [1.54, 1.807) is 11.3 Å². The van der Waals surface area contributed by atoms with E-state index in [-0.39, 0.29) is 0 Å². The first-order valence-corrected chi connectivity index (χ1v) is 8.18. The van der Waals surface area contributed by atoms with Gasteiger partial charge in [0.25, 0.3) is 0 Å². The van der Waals surface area contributed by atoms with Crippen LogP contribution in [0.5, 0.6) is 0 Å². The summed E-state index contributed by atoms with van der Waals surface area (Å²) < 4.78 is 0. The van der Waals surface area contributed by atoms with Crippen LogP contribution in [0, 0.1) is 13.8 Å². The van der Waals surface area contributed by atoms with E-state index in [1.807, 2.05) is 0 Å². The topological polar surface area (TPSA) is 55.0 Å². The van der Waals surface area contributed by atoms with Crippen molar-refractivity contribution in [3.8, 4) is 0 Å². The third-order valence-corrected chi connectivity index (χ3v) is 5.52. The van der Waals surface area contributed by atoms with Gasteiger partial charge in [-0.25, -0.2) is 9.97 Å². The third-order valence-electron chi connectivity index (χ3n) is 4.42. The van der Waals surface area contributed by atoms with Crippen LogP contribution in [-0.2, 0) is 6.54 Å². The van der Waals surface area contributed by atoms with Gasteiger partial charge >= 0.3 is 0 Å². The zero-order valence-electron chi connectivity index (χ0n) is 12.4. The summed E-state index contributed by atoms with van der Waals surface area (Å²) in [6.07, 6.45) is 3.79. The number of anilines is 1. The Morgan fingerprint density at radius 1 is 1.35 bits per heavy atom. The lowest BCUT2D eigenvalue weighted by atomic mass is 10.2. The minimum Gasteiger partial charge on any atom is -0.383 e. The van der Waals surface area contributed by atoms with Crippen molar-refractivity contribution in [2.24, 2.45) is 0 Å². The highest BCUT2D eigenvalue weighted by atomic mass is 32.1. The lowest BCUT2D eigenvalue weighted by Gasteiger charge is -2.22. The fourth-order valence-corrected chi connectivity index (χ4v) is 4.20. The van der Waals surface area contributed by atoms with Crippen LogP contribution in [0.3, 0.4) is 0 Å². The molecule has 3 rings (SSSR count). The Morgan fingerprint density at radius 3 is 2.90 bits per heavy atom. The molecule has 108 valence electrons. The number of hydrogen-bond donors (Lipinski definition) is 1. The molecule has 0 saturated carbocycles. The van der Waals surface area contributed by atoms with E-state index < -0.39 is 0 Å². The number of thiophene rings is 1. The van der Waals surface area contributed by atoms with E-state index >= 15 is 0 Å². The molecule has 0 spiro atoms. The Kier molecular flexibility index (Phi) is 3.65. The summed E-state index contributed by atoms with van der Waals surface area (Å²) in [5, 5.41) is 1.05. The van der Waals surface area contributed by atoms with Crippen LogP contribution >= 0.6 is 11.3 Å². The summed E-state index contributed by atoms with van der Waals surface area (Å²) in [4.78, 5) is 14.1. The minimum absolute atomic E-state index is 0.638. The molecule has 1 aliphatic heterocycles. The number of aryl methyl sites for hydroxylation is 2. The Bertz CT molecular complexity index is 634. The molecule has 0 aromatic carbocycles. The average Bonchev–Trinajstić information content (AvgIpc) is 2.95. The van der Waals surface area contributed by atoms with E-state index in [9.17, 15) is 0 Å². The largest absolute Gasteiger partial charge is 0.383 e. The van der Waals surface area contributed by atoms with Gasteiger partial charge in [0.2, 0.25) is 0 Å². The zero-order chi connectivity index (χ0) is 14.3. The van der Waals surface area contributed by atoms with Crippen LogP contribution in [-0.4, -0.2) is 27.5 Å². The molecular formula is C15H22N4S. The van der Waals surface area contributed by atoms with Gasteiger partial charge in [0.1, 0.15) is 16.5 Å². The molecule has 2 N–H and O–H groups in total. The maximum atomic E-state index is 6.15. The van der Waals surface area contributed by atoms with Crippen LogP contribution in [0.25, 0.3) is 10.2 Å². The summed E-state index contributed by atoms with van der Waals surface area (Å²) >= 11 is 1.72. The van der Waals surface area contributed by atoms with Crippen molar-refractivity contribution in [2.75, 3.05) is 12.3 Å². The molecule has 1 aliphatic rings. The molecule has 1 unspecified atom stereocenters. The molecule has 0 amide bonds. The quantitative estimate of drug-likeness (QED) is 0.942. The van der Waals surface area contributed by atoms with E-state index in [0.717, 1.165) is 29.1 Å². The SMILES string of the molecule is CCC1CCCN1Cc1nc(N)c2c(C)c(C)sc2n1. The van der Waals surface area contributed by atoms with Crippen molar-refractivity contribution in [3.05, 3.63) is 16.3 Å². The number of nitrogens with zero attached hydrogens (tertiary/aromatic N) is 3. The summed E-state index contributed by atoms with van der Waals surface area (Å²) in [6.45, 7) is 8.46. The second kappa shape index (κ2) is 5.30. The predicted octanol–water partition coefficient (Wildman–Crippen LogP) is 3.26. The van der Waals surface area contributed by atoms with E-state index in [2.05, 4.69) is 30.7 Å². The van der Waals surface area contributed by atoms with Gasteiger partial charge in [-0.1, -0.05) is 6.92 Å². The van der Waals surface area contributed by atoms with Crippen LogP contribution in [0.1, 0.15) is 42.5 Å². The number of aromatic nitrogens is 2. The Hall–Kier alpha value is -1.20. The highest BCUT2D eigenvalue weighted by Crippen LogP contribution is 2.32. The van der Waals surface area contributed by atoms with Crippen molar-refractivity contribution in [1.29, 1.82) is 0 Å². The Balaban J connectivity index is 1.93. The molecule has 4 nitrogen and oxygen atoms in total. The summed E-state index contributed by atoms with van der Waals surface area (Å²) in [5.41, 5.74) is 7.37. The van der Waals surface area contributed by atoms with Crippen molar-refractivity contribution >= 4 is 27.4 Å². The summed E-state index contributed by atoms with van der Waals surface area (Å²) in [5.74, 6) is 1.51. The van der Waals surface area contributed by atoms with Crippen LogP contribution < -0.4 is 5.73 Å². The maximum absolute atomic E-state index is 6.15. The fourth-order valence-electron chi connectivity index (χ4n) is 3.14. The number of hydrogen-bond acceptors (Lipinski definition) is 5. The third kappa shape index (κ3) is 2.29. The Labute approximate surface area is 124 Å². The van der Waals surface area contributed by atoms with Gasteiger partial charge in [0, 0.05) is 10.9 Å². The van der Waals surface area contributed by atoms with Crippen LogP contribution in [0.15, 0.2) is 0 Å². The average molecular weight is 290 g/mol. The molecule has 0 radical (unpaired) electrons. The zero-order valence-corrected chi connectivity index (χ0v) is 13.3. The second-order valence-corrected chi connectivity index (χ2v) is 6.87. The minimum atomic E-state index is 0.638. The number of nitrogen functional groups attached to an aromatic ring is 1. The molecule has 5 heteroatoms. The first-order valence-electron chi connectivity index (χ1n) is 7.36. The number of likely N-dealkylation sites (tertiary alicyclic amines) is 1. The number of nitrogens with two attached hydrogens (primary N) is 1. The molecule has 20 heavy (non-hydrogen) atoms. The fraction of sp³-hybridized carbons (Fsp3) is 0.600. The van der Waals surface area contributed by atoms with Crippen molar-refractivity contribution in [3.63, 3.8) is 0 Å². The molecule has 2 aromatic heterocycles. The molecular weight excluding hydrogens is 268 g/mol. The molecule has 0 bridgehead atoms. The van der Waals surface area contributed by atoms with Gasteiger partial charge in [-0.2, -0.15) is 0 Å². The van der Waals surface area contributed by atoms with E-state index in [4.69, 9.17) is 10.7 Å². The monoisotopic (exact) mass is 290 g/mol. The number of fused-ring (bicyclic) bond motifs is 1. The predicted molar refractivity (Wildman–Crippen MR) is 85.0 cm³/mol. The summed E-state index contributed by atoms with van der Waals surface area (Å²) in [7, 11) is 0. The molecule has 1 atom stereocenters. The molecule has 3 heterocycles. The van der Waals surface area contributed by atoms with E-state index in [1.165, 1.54) is 29.7 Å². The first kappa shape index (κ1) is 13.8. The van der Waals surface area contributed by atoms with Gasteiger partial charge in [-0.15, -0.1) is 11.3 Å². The van der Waals surface area contributed by atoms with Gasteiger partial charge in [-0.05, 0) is 45.2 Å². The van der Waals surface area contributed by atoms with Crippen molar-refractivity contribution < 1.29 is 0 Å². The van der Waals surface area contributed by atoms with Crippen LogP contribution in [0.2, 0.25) is 0 Å².